The van der Waals surface area contributed by atoms with Gasteiger partial charge in [-0.2, -0.15) is 0 Å². The van der Waals surface area contributed by atoms with E-state index in [4.69, 9.17) is 4.74 Å². The summed E-state index contributed by atoms with van der Waals surface area (Å²) in [5.74, 6) is 0.396. The van der Waals surface area contributed by atoms with E-state index in [-0.39, 0.29) is 23.0 Å². The van der Waals surface area contributed by atoms with Crippen LogP contribution in [0.4, 0.5) is 0 Å². The van der Waals surface area contributed by atoms with Crippen LogP contribution in [0.1, 0.15) is 69.9 Å². The molecule has 4 rings (SSSR count). The average Bonchev–Trinajstić information content (AvgIpc) is 3.19. The molecule has 1 amide bonds. The monoisotopic (exact) mass is 398 g/mol. The molecule has 1 N–H and O–H groups in total. The average molecular weight is 399 g/mol. The highest BCUT2D eigenvalue weighted by Gasteiger charge is 2.53. The van der Waals surface area contributed by atoms with E-state index in [1.165, 1.54) is 24.0 Å². The summed E-state index contributed by atoms with van der Waals surface area (Å²) in [6.45, 7) is 7.02. The Balaban J connectivity index is 1.68. The van der Waals surface area contributed by atoms with Crippen LogP contribution in [0, 0.1) is 5.92 Å². The molecule has 1 aromatic carbocycles. The maximum atomic E-state index is 14.1. The second-order valence-corrected chi connectivity index (χ2v) is 9.37. The third-order valence-corrected chi connectivity index (χ3v) is 8.37. The summed E-state index contributed by atoms with van der Waals surface area (Å²) in [6, 6.07) is 9.05. The van der Waals surface area contributed by atoms with Gasteiger partial charge in [0.2, 0.25) is 5.91 Å². The SMILES string of the molecule is CCC(CC)(OC)C1CCCCN1C(=O)C1CNCC12CCCc1ccccc12. The Morgan fingerprint density at radius 2 is 2.03 bits per heavy atom. The van der Waals surface area contributed by atoms with Crippen molar-refractivity contribution in [2.24, 2.45) is 5.92 Å². The van der Waals surface area contributed by atoms with Crippen LogP contribution in [0.25, 0.3) is 0 Å². The van der Waals surface area contributed by atoms with Crippen LogP contribution in [0.2, 0.25) is 0 Å². The molecule has 29 heavy (non-hydrogen) atoms. The lowest BCUT2D eigenvalue weighted by Crippen LogP contribution is -2.60. The molecular formula is C25H38N2O2. The third kappa shape index (κ3) is 3.33. The Morgan fingerprint density at radius 3 is 2.79 bits per heavy atom. The molecule has 3 unspecified atom stereocenters. The molecule has 2 heterocycles. The zero-order valence-corrected chi connectivity index (χ0v) is 18.5. The number of likely N-dealkylation sites (tertiary alicyclic amines) is 1. The van der Waals surface area contributed by atoms with Crippen LogP contribution >= 0.6 is 0 Å². The first-order valence-corrected chi connectivity index (χ1v) is 11.8. The van der Waals surface area contributed by atoms with E-state index < -0.39 is 0 Å². The summed E-state index contributed by atoms with van der Waals surface area (Å²) in [4.78, 5) is 16.4. The Kier molecular flexibility index (Phi) is 6.04. The largest absolute Gasteiger partial charge is 0.376 e. The number of nitrogens with one attached hydrogen (secondary N) is 1. The lowest BCUT2D eigenvalue weighted by molar-refractivity contribution is -0.153. The summed E-state index contributed by atoms with van der Waals surface area (Å²) in [7, 11) is 1.83. The molecule has 2 aliphatic heterocycles. The molecule has 0 radical (unpaired) electrons. The van der Waals surface area contributed by atoms with Gasteiger partial charge in [-0.25, -0.2) is 0 Å². The fraction of sp³-hybridized carbons (Fsp3) is 0.720. The lowest BCUT2D eigenvalue weighted by Gasteiger charge is -2.49. The molecule has 0 bridgehead atoms. The first kappa shape index (κ1) is 20.9. The van der Waals surface area contributed by atoms with Gasteiger partial charge in [-0.3, -0.25) is 4.79 Å². The number of carbonyl (C=O) groups is 1. The highest BCUT2D eigenvalue weighted by Crippen LogP contribution is 2.46. The quantitative estimate of drug-likeness (QED) is 0.813. The molecule has 1 spiro atoms. The van der Waals surface area contributed by atoms with Gasteiger partial charge in [-0.1, -0.05) is 38.1 Å². The summed E-state index contributed by atoms with van der Waals surface area (Å²) < 4.78 is 6.10. The third-order valence-electron chi connectivity index (χ3n) is 8.37. The molecule has 160 valence electrons. The number of methoxy groups -OCH3 is 1. The lowest BCUT2D eigenvalue weighted by atomic mass is 9.64. The topological polar surface area (TPSA) is 41.6 Å². The van der Waals surface area contributed by atoms with Gasteiger partial charge >= 0.3 is 0 Å². The summed E-state index contributed by atoms with van der Waals surface area (Å²) in [5.41, 5.74) is 2.61. The van der Waals surface area contributed by atoms with E-state index in [2.05, 4.69) is 48.3 Å². The van der Waals surface area contributed by atoms with Crippen molar-refractivity contribution in [3.63, 3.8) is 0 Å². The summed E-state index contributed by atoms with van der Waals surface area (Å²) >= 11 is 0. The minimum Gasteiger partial charge on any atom is -0.376 e. The smallest absolute Gasteiger partial charge is 0.228 e. The van der Waals surface area contributed by atoms with Gasteiger partial charge in [0.1, 0.15) is 0 Å². The van der Waals surface area contributed by atoms with Crippen molar-refractivity contribution in [3.05, 3.63) is 35.4 Å². The molecule has 0 aromatic heterocycles. The van der Waals surface area contributed by atoms with Crippen molar-refractivity contribution < 1.29 is 9.53 Å². The van der Waals surface area contributed by atoms with Crippen molar-refractivity contribution in [2.45, 2.75) is 82.3 Å². The van der Waals surface area contributed by atoms with Crippen LogP contribution in [-0.4, -0.2) is 49.2 Å². The van der Waals surface area contributed by atoms with Crippen LogP contribution < -0.4 is 5.32 Å². The summed E-state index contributed by atoms with van der Waals surface area (Å²) in [6.07, 6.45) is 8.70. The molecule has 0 saturated carbocycles. The number of hydrogen-bond acceptors (Lipinski definition) is 3. The predicted molar refractivity (Wildman–Crippen MR) is 117 cm³/mol. The van der Waals surface area contributed by atoms with Gasteiger partial charge in [0.25, 0.3) is 0 Å². The van der Waals surface area contributed by atoms with E-state index in [1.54, 1.807) is 0 Å². The number of carbonyl (C=O) groups excluding carboxylic acids is 1. The normalized spacial score (nSPS) is 29.8. The van der Waals surface area contributed by atoms with E-state index >= 15 is 0 Å². The van der Waals surface area contributed by atoms with Crippen molar-refractivity contribution in [2.75, 3.05) is 26.7 Å². The van der Waals surface area contributed by atoms with Crippen molar-refractivity contribution in [1.29, 1.82) is 0 Å². The van der Waals surface area contributed by atoms with Crippen molar-refractivity contribution in [3.8, 4) is 0 Å². The zero-order valence-electron chi connectivity index (χ0n) is 18.5. The minimum atomic E-state index is -0.222. The van der Waals surface area contributed by atoms with Crippen molar-refractivity contribution >= 4 is 5.91 Å². The Morgan fingerprint density at radius 1 is 1.24 bits per heavy atom. The number of fused-ring (bicyclic) bond motifs is 2. The molecule has 4 nitrogen and oxygen atoms in total. The second kappa shape index (κ2) is 8.39. The second-order valence-electron chi connectivity index (χ2n) is 9.37. The van der Waals surface area contributed by atoms with Crippen LogP contribution in [0.3, 0.4) is 0 Å². The number of benzene rings is 1. The molecule has 1 aliphatic carbocycles. The number of ether oxygens (including phenoxy) is 1. The molecular weight excluding hydrogens is 360 g/mol. The Bertz CT molecular complexity index is 721. The van der Waals surface area contributed by atoms with Crippen LogP contribution in [0.5, 0.6) is 0 Å². The van der Waals surface area contributed by atoms with E-state index in [0.717, 1.165) is 58.2 Å². The van der Waals surface area contributed by atoms with E-state index in [0.29, 0.717) is 5.91 Å². The fourth-order valence-electron chi connectivity index (χ4n) is 6.67. The fourth-order valence-corrected chi connectivity index (χ4v) is 6.67. The highest BCUT2D eigenvalue weighted by atomic mass is 16.5. The number of rotatable bonds is 5. The van der Waals surface area contributed by atoms with E-state index in [9.17, 15) is 4.79 Å². The first-order chi connectivity index (χ1) is 14.1. The maximum absolute atomic E-state index is 14.1. The zero-order chi connectivity index (χ0) is 20.5. The molecule has 2 saturated heterocycles. The first-order valence-electron chi connectivity index (χ1n) is 11.8. The molecule has 2 fully saturated rings. The Hall–Kier alpha value is -1.39. The highest BCUT2D eigenvalue weighted by molar-refractivity contribution is 5.82. The molecule has 4 heteroatoms. The van der Waals surface area contributed by atoms with Gasteiger partial charge in [0, 0.05) is 32.2 Å². The number of piperidine rings is 1. The predicted octanol–water partition coefficient (Wildman–Crippen LogP) is 4.07. The van der Waals surface area contributed by atoms with Gasteiger partial charge in [0.15, 0.2) is 0 Å². The standard InChI is InChI=1S/C25H38N2O2/c1-4-25(5-2,29-3)22-14-8-9-16-27(22)23(28)21-17-26-18-24(21)15-10-12-19-11-6-7-13-20(19)24/h6-7,11,13,21-22,26H,4-5,8-10,12,14-18H2,1-3H3. The van der Waals surface area contributed by atoms with Crippen molar-refractivity contribution in [1.82, 2.24) is 10.2 Å². The van der Waals surface area contributed by atoms with Crippen LogP contribution in [-0.2, 0) is 21.4 Å². The van der Waals surface area contributed by atoms with Crippen LogP contribution in [0.15, 0.2) is 24.3 Å². The van der Waals surface area contributed by atoms with Gasteiger partial charge in [-0.15, -0.1) is 0 Å². The molecule has 3 atom stereocenters. The maximum Gasteiger partial charge on any atom is 0.228 e. The van der Waals surface area contributed by atoms with Gasteiger partial charge < -0.3 is 15.0 Å². The van der Waals surface area contributed by atoms with E-state index in [1.807, 2.05) is 7.11 Å². The number of nitrogens with zero attached hydrogens (tertiary/aromatic N) is 1. The van der Waals surface area contributed by atoms with Gasteiger partial charge in [0.05, 0.1) is 17.6 Å². The number of aryl methyl sites for hydroxylation is 1. The van der Waals surface area contributed by atoms with Gasteiger partial charge in [-0.05, 0) is 62.5 Å². The molecule has 1 aromatic rings. The number of amides is 1. The number of hydrogen-bond donors (Lipinski definition) is 1. The summed E-state index contributed by atoms with van der Waals surface area (Å²) in [5, 5.41) is 3.61. The Labute approximate surface area is 176 Å². The molecule has 3 aliphatic rings. The minimum absolute atomic E-state index is 0.0350.